The first-order chi connectivity index (χ1) is 18.4. The van der Waals surface area contributed by atoms with Crippen molar-refractivity contribution in [3.8, 4) is 0 Å². The maximum absolute atomic E-state index is 14.0. The van der Waals surface area contributed by atoms with Gasteiger partial charge in [-0.1, -0.05) is 77.1 Å². The molecule has 0 aromatic heterocycles. The Morgan fingerprint density at radius 3 is 2.35 bits per heavy atom. The second-order valence-electron chi connectivity index (χ2n) is 11.9. The number of benzene rings is 2. The second-order valence-corrected chi connectivity index (χ2v) is 11.9. The topological polar surface area (TPSA) is 102 Å². The number of hydrogen-bond acceptors (Lipinski definition) is 5. The van der Waals surface area contributed by atoms with E-state index in [0.29, 0.717) is 12.5 Å². The van der Waals surface area contributed by atoms with E-state index < -0.39 is 41.6 Å². The van der Waals surface area contributed by atoms with Crippen LogP contribution < -0.4 is 10.6 Å². The number of halogens is 2. The Bertz CT molecular complexity index is 1160. The Morgan fingerprint density at radius 2 is 1.75 bits per heavy atom. The van der Waals surface area contributed by atoms with Gasteiger partial charge in [-0.05, 0) is 35.2 Å². The van der Waals surface area contributed by atoms with E-state index in [1.165, 1.54) is 4.90 Å². The van der Waals surface area contributed by atoms with Crippen LogP contribution in [0.1, 0.15) is 46.6 Å². The van der Waals surface area contributed by atoms with Gasteiger partial charge in [0.05, 0.1) is 12.6 Å². The maximum Gasteiger partial charge on any atom is 0.327 e. The minimum absolute atomic E-state index is 0. The van der Waals surface area contributed by atoms with Gasteiger partial charge in [0.2, 0.25) is 11.8 Å². The Kier molecular flexibility index (Phi) is 12.3. The molecular weight excluding hydrogens is 535 g/mol. The molecule has 10 heteroatoms. The fourth-order valence-electron chi connectivity index (χ4n) is 4.60. The van der Waals surface area contributed by atoms with Crippen LogP contribution in [0, 0.1) is 11.3 Å². The number of likely N-dealkylation sites (tertiary alicyclic amines) is 1. The summed E-state index contributed by atoms with van der Waals surface area (Å²) < 4.78 is 14.0. The number of carbonyl (C=O) groups excluding carboxylic acids is 3. The van der Waals surface area contributed by atoms with Crippen LogP contribution >= 0.6 is 12.4 Å². The SMILES string of the molecule is CC(C)CNCC(O)CNC(=O)[C@@H](Cc1ccc2ccccc2c1)N(C(=O)N1CC[C@H](F)C1)C(=O)C(C)(C)C.Cl. The number of fused-ring (bicyclic) bond motifs is 1. The van der Waals surface area contributed by atoms with E-state index >= 15 is 0 Å². The van der Waals surface area contributed by atoms with Gasteiger partial charge in [0, 0.05) is 31.5 Å². The van der Waals surface area contributed by atoms with Crippen molar-refractivity contribution in [3.63, 3.8) is 0 Å². The predicted octanol–water partition coefficient (Wildman–Crippen LogP) is 3.93. The monoisotopic (exact) mass is 578 g/mol. The molecule has 1 unspecified atom stereocenters. The molecule has 40 heavy (non-hydrogen) atoms. The number of amides is 4. The van der Waals surface area contributed by atoms with Crippen molar-refractivity contribution >= 4 is 41.0 Å². The molecule has 2 aromatic carbocycles. The van der Waals surface area contributed by atoms with Gasteiger partial charge in [0.25, 0.3) is 0 Å². The molecule has 4 amide bonds. The molecule has 1 heterocycles. The highest BCUT2D eigenvalue weighted by atomic mass is 35.5. The number of urea groups is 1. The molecule has 3 N–H and O–H groups in total. The zero-order chi connectivity index (χ0) is 28.7. The Hall–Kier alpha value is -2.75. The Balaban J connectivity index is 0.00000560. The maximum atomic E-state index is 14.0. The van der Waals surface area contributed by atoms with E-state index in [4.69, 9.17) is 0 Å². The van der Waals surface area contributed by atoms with Crippen molar-refractivity contribution in [2.75, 3.05) is 32.7 Å². The lowest BCUT2D eigenvalue weighted by Crippen LogP contribution is -2.59. The summed E-state index contributed by atoms with van der Waals surface area (Å²) in [6.07, 6.45) is -1.73. The summed E-state index contributed by atoms with van der Waals surface area (Å²) in [7, 11) is 0. The predicted molar refractivity (Wildman–Crippen MR) is 158 cm³/mol. The molecule has 0 spiro atoms. The number of rotatable bonds is 10. The first kappa shape index (κ1) is 33.5. The van der Waals surface area contributed by atoms with Crippen molar-refractivity contribution < 1.29 is 23.9 Å². The van der Waals surface area contributed by atoms with Crippen molar-refractivity contribution in [1.29, 1.82) is 0 Å². The van der Waals surface area contributed by atoms with Gasteiger partial charge in [0.15, 0.2) is 0 Å². The average Bonchev–Trinajstić information content (AvgIpc) is 3.32. The number of imide groups is 1. The van der Waals surface area contributed by atoms with Crippen LogP contribution in [0.15, 0.2) is 42.5 Å². The van der Waals surface area contributed by atoms with Crippen molar-refractivity contribution in [2.24, 2.45) is 11.3 Å². The fourth-order valence-corrected chi connectivity index (χ4v) is 4.60. The summed E-state index contributed by atoms with van der Waals surface area (Å²) in [6, 6.07) is 11.7. The van der Waals surface area contributed by atoms with Crippen molar-refractivity contribution in [2.45, 2.75) is 65.8 Å². The fraction of sp³-hybridized carbons (Fsp3) is 0.567. The molecule has 2 aromatic rings. The summed E-state index contributed by atoms with van der Waals surface area (Å²) in [5.41, 5.74) is -0.190. The van der Waals surface area contributed by atoms with E-state index in [-0.39, 0.29) is 44.9 Å². The molecule has 0 bridgehead atoms. The minimum Gasteiger partial charge on any atom is -0.390 e. The standard InChI is InChI=1S/C30H43FN4O4.ClH/c1-20(2)16-32-17-25(36)18-33-27(37)26(15-21-10-11-22-8-6-7-9-23(22)14-21)35(28(38)30(3,4)5)29(39)34-13-12-24(31)19-34;/h6-11,14,20,24-26,32,36H,12-13,15-19H2,1-5H3,(H,33,37);1H/t24-,25?,26+;/m0./s1. The number of carbonyl (C=O) groups is 3. The van der Waals surface area contributed by atoms with Gasteiger partial charge >= 0.3 is 6.03 Å². The van der Waals surface area contributed by atoms with E-state index in [0.717, 1.165) is 27.8 Å². The summed E-state index contributed by atoms with van der Waals surface area (Å²) in [6.45, 7) is 10.2. The minimum atomic E-state index is -1.18. The lowest BCUT2D eigenvalue weighted by atomic mass is 9.92. The van der Waals surface area contributed by atoms with E-state index in [1.54, 1.807) is 20.8 Å². The summed E-state index contributed by atoms with van der Waals surface area (Å²) in [5, 5.41) is 18.3. The number of aliphatic hydroxyl groups excluding tert-OH is 1. The van der Waals surface area contributed by atoms with Gasteiger partial charge in [-0.2, -0.15) is 0 Å². The number of aliphatic hydroxyl groups is 1. The molecule has 0 aliphatic carbocycles. The molecule has 3 atom stereocenters. The summed E-state index contributed by atoms with van der Waals surface area (Å²) in [4.78, 5) is 43.4. The van der Waals surface area contributed by atoms with E-state index in [2.05, 4.69) is 24.5 Å². The zero-order valence-electron chi connectivity index (χ0n) is 24.2. The highest BCUT2D eigenvalue weighted by Crippen LogP contribution is 2.25. The van der Waals surface area contributed by atoms with Crippen LogP contribution in [0.25, 0.3) is 10.8 Å². The summed E-state index contributed by atoms with van der Waals surface area (Å²) in [5.74, 6) is -0.654. The average molecular weight is 579 g/mol. The molecule has 0 saturated carbocycles. The van der Waals surface area contributed by atoms with Crippen molar-refractivity contribution in [1.82, 2.24) is 20.4 Å². The highest BCUT2D eigenvalue weighted by molar-refractivity contribution is 6.02. The van der Waals surface area contributed by atoms with Gasteiger partial charge in [-0.25, -0.2) is 9.18 Å². The van der Waals surface area contributed by atoms with Crippen LogP contribution in [0.5, 0.6) is 0 Å². The third kappa shape index (κ3) is 9.14. The highest BCUT2D eigenvalue weighted by Gasteiger charge is 2.43. The Labute approximate surface area is 243 Å². The third-order valence-electron chi connectivity index (χ3n) is 6.77. The first-order valence-corrected chi connectivity index (χ1v) is 13.8. The first-order valence-electron chi connectivity index (χ1n) is 13.8. The van der Waals surface area contributed by atoms with Crippen molar-refractivity contribution in [3.05, 3.63) is 48.0 Å². The zero-order valence-corrected chi connectivity index (χ0v) is 25.0. The summed E-state index contributed by atoms with van der Waals surface area (Å²) >= 11 is 0. The van der Waals surface area contributed by atoms with Crippen LogP contribution in [0.2, 0.25) is 0 Å². The quantitative estimate of drug-likeness (QED) is 0.396. The molecule has 8 nitrogen and oxygen atoms in total. The van der Waals surface area contributed by atoms with Gasteiger partial charge in [-0.15, -0.1) is 12.4 Å². The molecule has 1 aliphatic rings. The molecular formula is C30H44ClFN4O4. The largest absolute Gasteiger partial charge is 0.390 e. The lowest BCUT2D eigenvalue weighted by Gasteiger charge is -2.36. The number of hydrogen-bond donors (Lipinski definition) is 3. The smallest absolute Gasteiger partial charge is 0.327 e. The molecule has 3 rings (SSSR count). The molecule has 1 aliphatic heterocycles. The van der Waals surface area contributed by atoms with E-state index in [1.807, 2.05) is 42.5 Å². The van der Waals surface area contributed by atoms with Gasteiger partial charge in [-0.3, -0.25) is 14.5 Å². The van der Waals surface area contributed by atoms with Gasteiger partial charge < -0.3 is 20.6 Å². The third-order valence-corrected chi connectivity index (χ3v) is 6.77. The number of nitrogens with one attached hydrogen (secondary N) is 2. The van der Waals surface area contributed by atoms with Gasteiger partial charge in [0.1, 0.15) is 12.2 Å². The van der Waals surface area contributed by atoms with Crippen LogP contribution in [-0.4, -0.2) is 83.8 Å². The normalized spacial score (nSPS) is 16.9. The van der Waals surface area contributed by atoms with Crippen LogP contribution in [-0.2, 0) is 16.0 Å². The molecule has 1 saturated heterocycles. The molecule has 0 radical (unpaired) electrons. The second kappa shape index (κ2) is 14.8. The number of nitrogens with zero attached hydrogens (tertiary/aromatic N) is 2. The van der Waals surface area contributed by atoms with Crippen LogP contribution in [0.3, 0.4) is 0 Å². The Morgan fingerprint density at radius 1 is 1.07 bits per heavy atom. The molecule has 222 valence electrons. The van der Waals surface area contributed by atoms with Crippen LogP contribution in [0.4, 0.5) is 9.18 Å². The molecule has 1 fully saturated rings. The number of alkyl halides is 1. The van der Waals surface area contributed by atoms with E-state index in [9.17, 15) is 23.9 Å². The lowest BCUT2D eigenvalue weighted by molar-refractivity contribution is -0.143.